The molecule has 4 heterocycles. The number of nitriles is 1. The third-order valence-electron chi connectivity index (χ3n) is 6.80. The lowest BCUT2D eigenvalue weighted by atomic mass is 10.0. The van der Waals surface area contributed by atoms with Crippen molar-refractivity contribution in [1.29, 1.82) is 5.26 Å². The number of anilines is 2. The summed E-state index contributed by atoms with van der Waals surface area (Å²) in [4.78, 5) is 16.9. The SMILES string of the molecule is Cn1ccnc1Sc1ccc(Nc2c(C#N)cnc3cc(-c4ccc(CN5CCOCC5)cn4)ccc23)cc1Cl. The topological polar surface area (TPSA) is 91.9 Å². The molecule has 1 N–H and O–H groups in total. The van der Waals surface area contributed by atoms with Crippen LogP contribution in [-0.2, 0) is 18.3 Å². The number of nitrogens with zero attached hydrogens (tertiary/aromatic N) is 6. The van der Waals surface area contributed by atoms with Crippen molar-refractivity contribution in [3.05, 3.63) is 89.5 Å². The van der Waals surface area contributed by atoms with Gasteiger partial charge in [0.25, 0.3) is 0 Å². The van der Waals surface area contributed by atoms with Gasteiger partial charge in [-0.2, -0.15) is 5.26 Å². The Bertz CT molecular complexity index is 1710. The average molecular weight is 568 g/mol. The van der Waals surface area contributed by atoms with Crippen LogP contribution in [0.4, 0.5) is 11.4 Å². The first-order valence-corrected chi connectivity index (χ1v) is 14.1. The van der Waals surface area contributed by atoms with Gasteiger partial charge in [0.05, 0.1) is 40.7 Å². The van der Waals surface area contributed by atoms with Crippen LogP contribution >= 0.6 is 23.4 Å². The lowest BCUT2D eigenvalue weighted by Crippen LogP contribution is -2.35. The van der Waals surface area contributed by atoms with Crippen molar-refractivity contribution in [1.82, 2.24) is 24.4 Å². The summed E-state index contributed by atoms with van der Waals surface area (Å²) >= 11 is 8.12. The molecule has 2 aromatic carbocycles. The van der Waals surface area contributed by atoms with Gasteiger partial charge in [-0.05, 0) is 42.0 Å². The normalized spacial score (nSPS) is 13.8. The molecule has 0 spiro atoms. The summed E-state index contributed by atoms with van der Waals surface area (Å²) in [6.07, 6.45) is 7.19. The second kappa shape index (κ2) is 11.7. The van der Waals surface area contributed by atoms with Gasteiger partial charge in [0, 0.05) is 73.0 Å². The summed E-state index contributed by atoms with van der Waals surface area (Å²) < 4.78 is 7.38. The third kappa shape index (κ3) is 5.67. The number of rotatable bonds is 7. The van der Waals surface area contributed by atoms with E-state index in [9.17, 15) is 5.26 Å². The zero-order chi connectivity index (χ0) is 27.5. The Morgan fingerprint density at radius 3 is 2.65 bits per heavy atom. The lowest BCUT2D eigenvalue weighted by Gasteiger charge is -2.26. The van der Waals surface area contributed by atoms with Crippen LogP contribution in [0.1, 0.15) is 11.1 Å². The Hall–Kier alpha value is -3.94. The molecule has 0 radical (unpaired) electrons. The predicted molar refractivity (Wildman–Crippen MR) is 158 cm³/mol. The number of fused-ring (bicyclic) bond motifs is 1. The molecule has 0 saturated carbocycles. The molecule has 0 unspecified atom stereocenters. The summed E-state index contributed by atoms with van der Waals surface area (Å²) in [5.74, 6) is 0. The third-order valence-corrected chi connectivity index (χ3v) is 8.38. The summed E-state index contributed by atoms with van der Waals surface area (Å²) in [5, 5.41) is 15.5. The second-order valence-corrected chi connectivity index (χ2v) is 10.9. The van der Waals surface area contributed by atoms with E-state index in [1.807, 2.05) is 66.5 Å². The average Bonchev–Trinajstić information content (AvgIpc) is 3.39. The molecule has 1 fully saturated rings. The zero-order valence-electron chi connectivity index (χ0n) is 21.8. The number of hydrogen-bond donors (Lipinski definition) is 1. The first-order valence-electron chi connectivity index (χ1n) is 12.9. The van der Waals surface area contributed by atoms with Crippen molar-refractivity contribution in [3.63, 3.8) is 0 Å². The van der Waals surface area contributed by atoms with Gasteiger partial charge in [-0.15, -0.1) is 0 Å². The molecule has 1 aliphatic heterocycles. The number of morpholine rings is 1. The number of pyridine rings is 2. The maximum Gasteiger partial charge on any atom is 0.172 e. The number of hydrogen-bond acceptors (Lipinski definition) is 8. The van der Waals surface area contributed by atoms with Crippen molar-refractivity contribution in [3.8, 4) is 17.3 Å². The van der Waals surface area contributed by atoms with E-state index in [1.165, 1.54) is 17.3 Å². The summed E-state index contributed by atoms with van der Waals surface area (Å²) in [6, 6.07) is 18.2. The van der Waals surface area contributed by atoms with Gasteiger partial charge in [-0.3, -0.25) is 14.9 Å². The van der Waals surface area contributed by atoms with Crippen LogP contribution in [0.15, 0.2) is 83.4 Å². The van der Waals surface area contributed by atoms with E-state index < -0.39 is 0 Å². The first kappa shape index (κ1) is 26.3. The monoisotopic (exact) mass is 567 g/mol. The fourth-order valence-corrected chi connectivity index (χ4v) is 5.74. The minimum Gasteiger partial charge on any atom is -0.379 e. The lowest BCUT2D eigenvalue weighted by molar-refractivity contribution is 0.0341. The largest absolute Gasteiger partial charge is 0.379 e. The van der Waals surface area contributed by atoms with Crippen molar-refractivity contribution < 1.29 is 4.74 Å². The van der Waals surface area contributed by atoms with Crippen LogP contribution in [0, 0.1) is 11.3 Å². The van der Waals surface area contributed by atoms with Gasteiger partial charge < -0.3 is 14.6 Å². The molecule has 0 amide bonds. The Morgan fingerprint density at radius 1 is 1.05 bits per heavy atom. The fraction of sp³-hybridized carbons (Fsp3) is 0.200. The minimum absolute atomic E-state index is 0.452. The van der Waals surface area contributed by atoms with Crippen LogP contribution < -0.4 is 5.32 Å². The quantitative estimate of drug-likeness (QED) is 0.245. The highest BCUT2D eigenvalue weighted by Gasteiger charge is 2.14. The van der Waals surface area contributed by atoms with Crippen molar-refractivity contribution >= 4 is 45.6 Å². The number of halogens is 1. The van der Waals surface area contributed by atoms with E-state index in [4.69, 9.17) is 21.3 Å². The number of aryl methyl sites for hydroxylation is 1. The Kier molecular flexibility index (Phi) is 7.66. The van der Waals surface area contributed by atoms with Crippen molar-refractivity contribution in [2.75, 3.05) is 31.6 Å². The van der Waals surface area contributed by atoms with E-state index in [-0.39, 0.29) is 0 Å². The van der Waals surface area contributed by atoms with E-state index in [1.54, 1.807) is 12.4 Å². The molecule has 1 aliphatic rings. The van der Waals surface area contributed by atoms with Crippen LogP contribution in [0.2, 0.25) is 5.02 Å². The Morgan fingerprint density at radius 2 is 1.93 bits per heavy atom. The van der Waals surface area contributed by atoms with E-state index in [0.29, 0.717) is 16.3 Å². The van der Waals surface area contributed by atoms with Gasteiger partial charge in [0.2, 0.25) is 0 Å². The van der Waals surface area contributed by atoms with Gasteiger partial charge >= 0.3 is 0 Å². The number of imidazole rings is 1. The van der Waals surface area contributed by atoms with Gasteiger partial charge in [0.15, 0.2) is 5.16 Å². The van der Waals surface area contributed by atoms with Gasteiger partial charge in [-0.1, -0.05) is 35.5 Å². The number of ether oxygens (including phenoxy) is 1. The molecule has 0 aliphatic carbocycles. The summed E-state index contributed by atoms with van der Waals surface area (Å²) in [7, 11) is 1.94. The molecule has 200 valence electrons. The minimum atomic E-state index is 0.452. The van der Waals surface area contributed by atoms with E-state index in [2.05, 4.69) is 32.3 Å². The molecule has 5 aromatic rings. The highest BCUT2D eigenvalue weighted by molar-refractivity contribution is 7.99. The molecular formula is C30H26ClN7OS. The highest BCUT2D eigenvalue weighted by Crippen LogP contribution is 2.36. The maximum atomic E-state index is 9.81. The molecule has 0 bridgehead atoms. The van der Waals surface area contributed by atoms with E-state index in [0.717, 1.165) is 70.7 Å². The number of benzene rings is 2. The molecule has 6 rings (SSSR count). The summed E-state index contributed by atoms with van der Waals surface area (Å²) in [6.45, 7) is 4.32. The molecule has 0 atom stereocenters. The molecule has 40 heavy (non-hydrogen) atoms. The Balaban J connectivity index is 1.24. The van der Waals surface area contributed by atoms with Crippen LogP contribution in [0.25, 0.3) is 22.2 Å². The molecule has 10 heteroatoms. The Labute approximate surface area is 241 Å². The smallest absolute Gasteiger partial charge is 0.172 e. The molecule has 8 nitrogen and oxygen atoms in total. The molecule has 1 saturated heterocycles. The summed E-state index contributed by atoms with van der Waals surface area (Å²) in [5.41, 5.74) is 5.71. The fourth-order valence-electron chi connectivity index (χ4n) is 4.63. The second-order valence-electron chi connectivity index (χ2n) is 9.52. The zero-order valence-corrected chi connectivity index (χ0v) is 23.4. The van der Waals surface area contributed by atoms with Gasteiger partial charge in [0.1, 0.15) is 6.07 Å². The predicted octanol–water partition coefficient (Wildman–Crippen LogP) is 6.28. The highest BCUT2D eigenvalue weighted by atomic mass is 35.5. The van der Waals surface area contributed by atoms with E-state index >= 15 is 0 Å². The molecular weight excluding hydrogens is 542 g/mol. The standard InChI is InChI=1S/C30H26ClN7OS/c1-37-9-8-33-30(37)40-28-7-4-23(15-25(28)31)36-29-22(16-32)18-35-27-14-21(3-5-24(27)29)26-6-2-20(17-34-26)19-38-10-12-39-13-11-38/h2-9,14-15,17-18H,10-13,19H2,1H3,(H,35,36). The van der Waals surface area contributed by atoms with Crippen molar-refractivity contribution in [2.24, 2.45) is 7.05 Å². The maximum absolute atomic E-state index is 9.81. The number of aromatic nitrogens is 4. The van der Waals surface area contributed by atoms with Crippen LogP contribution in [-0.4, -0.2) is 50.7 Å². The van der Waals surface area contributed by atoms with Crippen LogP contribution in [0.3, 0.4) is 0 Å². The first-order chi connectivity index (χ1) is 19.6. The number of nitrogens with one attached hydrogen (secondary N) is 1. The van der Waals surface area contributed by atoms with Crippen molar-refractivity contribution in [2.45, 2.75) is 16.6 Å². The molecule has 3 aromatic heterocycles. The van der Waals surface area contributed by atoms with Gasteiger partial charge in [-0.25, -0.2) is 4.98 Å². The van der Waals surface area contributed by atoms with Crippen LogP contribution in [0.5, 0.6) is 0 Å².